The highest BCUT2D eigenvalue weighted by Gasteiger charge is 2.06. The van der Waals surface area contributed by atoms with Gasteiger partial charge in [-0.25, -0.2) is 0 Å². The van der Waals surface area contributed by atoms with Gasteiger partial charge in [0.05, 0.1) is 19.9 Å². The Hall–Kier alpha value is -2.01. The third kappa shape index (κ3) is 3.30. The van der Waals surface area contributed by atoms with E-state index < -0.39 is 0 Å². The Bertz CT molecular complexity index is 578. The first-order chi connectivity index (χ1) is 9.63. The van der Waals surface area contributed by atoms with Crippen molar-refractivity contribution in [3.63, 3.8) is 0 Å². The number of nitrogens with zero attached hydrogens (tertiary/aromatic N) is 2. The molecule has 1 heterocycles. The molecule has 1 N–H and O–H groups in total. The van der Waals surface area contributed by atoms with E-state index in [0.717, 1.165) is 35.8 Å². The van der Waals surface area contributed by atoms with Crippen LogP contribution in [0.2, 0.25) is 0 Å². The fourth-order valence-corrected chi connectivity index (χ4v) is 2.15. The number of benzene rings is 1. The number of hydrogen-bond acceptors (Lipinski definition) is 4. The fourth-order valence-electron chi connectivity index (χ4n) is 2.15. The van der Waals surface area contributed by atoms with Gasteiger partial charge in [0.25, 0.3) is 0 Å². The molecule has 108 valence electrons. The van der Waals surface area contributed by atoms with Gasteiger partial charge in [-0.3, -0.25) is 4.68 Å². The Morgan fingerprint density at radius 3 is 2.50 bits per heavy atom. The van der Waals surface area contributed by atoms with Gasteiger partial charge in [-0.15, -0.1) is 0 Å². The molecule has 0 fully saturated rings. The fraction of sp³-hybridized carbons (Fsp3) is 0.400. The molecule has 1 aromatic heterocycles. The summed E-state index contributed by atoms with van der Waals surface area (Å²) in [5, 5.41) is 7.74. The lowest BCUT2D eigenvalue weighted by Crippen LogP contribution is -2.13. The standard InChI is InChI=1S/C15H21N3O2/c1-11-13(10-18(2)17-11)9-16-8-12-5-6-14(19-3)7-15(12)20-4/h5-7,10,16H,8-9H2,1-4H3. The number of methoxy groups -OCH3 is 2. The second-order valence-corrected chi connectivity index (χ2v) is 4.69. The molecule has 0 radical (unpaired) electrons. The first kappa shape index (κ1) is 14.4. The van der Waals surface area contributed by atoms with Crippen LogP contribution in [0.4, 0.5) is 0 Å². The van der Waals surface area contributed by atoms with Gasteiger partial charge in [0.15, 0.2) is 0 Å². The van der Waals surface area contributed by atoms with Crippen LogP contribution in [-0.4, -0.2) is 24.0 Å². The van der Waals surface area contributed by atoms with Crippen molar-refractivity contribution in [3.05, 3.63) is 41.2 Å². The summed E-state index contributed by atoms with van der Waals surface area (Å²) >= 11 is 0. The molecule has 0 spiro atoms. The number of hydrogen-bond donors (Lipinski definition) is 1. The maximum atomic E-state index is 5.38. The minimum Gasteiger partial charge on any atom is -0.497 e. The van der Waals surface area contributed by atoms with Crippen LogP contribution in [0.3, 0.4) is 0 Å². The minimum atomic E-state index is 0.738. The van der Waals surface area contributed by atoms with Gasteiger partial charge in [-0.1, -0.05) is 6.07 Å². The van der Waals surface area contributed by atoms with Crippen LogP contribution in [0.5, 0.6) is 11.5 Å². The highest BCUT2D eigenvalue weighted by atomic mass is 16.5. The summed E-state index contributed by atoms with van der Waals surface area (Å²) in [6, 6.07) is 5.85. The van der Waals surface area contributed by atoms with Crippen molar-refractivity contribution >= 4 is 0 Å². The molecule has 0 bridgehead atoms. The molecular weight excluding hydrogens is 254 g/mol. The number of rotatable bonds is 6. The van der Waals surface area contributed by atoms with Crippen molar-refractivity contribution in [1.82, 2.24) is 15.1 Å². The average Bonchev–Trinajstić information content (AvgIpc) is 2.77. The second-order valence-electron chi connectivity index (χ2n) is 4.69. The third-order valence-electron chi connectivity index (χ3n) is 3.24. The lowest BCUT2D eigenvalue weighted by atomic mass is 10.2. The van der Waals surface area contributed by atoms with Crippen LogP contribution in [0.1, 0.15) is 16.8 Å². The Kier molecular flexibility index (Phi) is 4.63. The van der Waals surface area contributed by atoms with Crippen LogP contribution < -0.4 is 14.8 Å². The van der Waals surface area contributed by atoms with Crippen molar-refractivity contribution in [3.8, 4) is 11.5 Å². The largest absolute Gasteiger partial charge is 0.497 e. The topological polar surface area (TPSA) is 48.3 Å². The van der Waals surface area contributed by atoms with Gasteiger partial charge < -0.3 is 14.8 Å². The third-order valence-corrected chi connectivity index (χ3v) is 3.24. The zero-order valence-corrected chi connectivity index (χ0v) is 12.4. The maximum Gasteiger partial charge on any atom is 0.127 e. The Labute approximate surface area is 119 Å². The summed E-state index contributed by atoms with van der Waals surface area (Å²) in [6.07, 6.45) is 2.04. The van der Waals surface area contributed by atoms with E-state index in [1.807, 2.05) is 43.0 Å². The molecule has 0 saturated carbocycles. The molecule has 0 atom stereocenters. The van der Waals surface area contributed by atoms with Gasteiger partial charge in [-0.2, -0.15) is 5.10 Å². The summed E-state index contributed by atoms with van der Waals surface area (Å²) < 4.78 is 12.4. The van der Waals surface area contributed by atoms with Gasteiger partial charge in [0.1, 0.15) is 11.5 Å². The quantitative estimate of drug-likeness (QED) is 0.876. The summed E-state index contributed by atoms with van der Waals surface area (Å²) in [7, 11) is 5.25. The molecule has 0 aliphatic carbocycles. The van der Waals surface area contributed by atoms with Crippen LogP contribution in [0.15, 0.2) is 24.4 Å². The van der Waals surface area contributed by atoms with Crippen LogP contribution in [0.25, 0.3) is 0 Å². The molecule has 0 unspecified atom stereocenters. The zero-order chi connectivity index (χ0) is 14.5. The van der Waals surface area contributed by atoms with Crippen LogP contribution in [-0.2, 0) is 20.1 Å². The predicted molar refractivity (Wildman–Crippen MR) is 78.0 cm³/mol. The van der Waals surface area contributed by atoms with Crippen molar-refractivity contribution in [1.29, 1.82) is 0 Å². The van der Waals surface area contributed by atoms with E-state index >= 15 is 0 Å². The average molecular weight is 275 g/mol. The maximum absolute atomic E-state index is 5.38. The number of aromatic nitrogens is 2. The Balaban J connectivity index is 1.98. The first-order valence-electron chi connectivity index (χ1n) is 6.54. The first-order valence-corrected chi connectivity index (χ1v) is 6.54. The van der Waals surface area contributed by atoms with Crippen molar-refractivity contribution in [2.75, 3.05) is 14.2 Å². The molecule has 0 aliphatic rings. The van der Waals surface area contributed by atoms with E-state index in [-0.39, 0.29) is 0 Å². The van der Waals surface area contributed by atoms with Gasteiger partial charge >= 0.3 is 0 Å². The number of ether oxygens (including phenoxy) is 2. The number of nitrogens with one attached hydrogen (secondary N) is 1. The molecule has 2 aromatic rings. The molecule has 5 heteroatoms. The summed E-state index contributed by atoms with van der Waals surface area (Å²) in [5.74, 6) is 1.63. The van der Waals surface area contributed by atoms with Gasteiger partial charge in [-0.05, 0) is 13.0 Å². The monoisotopic (exact) mass is 275 g/mol. The zero-order valence-electron chi connectivity index (χ0n) is 12.4. The van der Waals surface area contributed by atoms with E-state index in [9.17, 15) is 0 Å². The van der Waals surface area contributed by atoms with E-state index in [0.29, 0.717) is 0 Å². The lowest BCUT2D eigenvalue weighted by Gasteiger charge is -2.11. The van der Waals surface area contributed by atoms with Crippen molar-refractivity contribution in [2.24, 2.45) is 7.05 Å². The summed E-state index contributed by atoms with van der Waals surface area (Å²) in [4.78, 5) is 0. The predicted octanol–water partition coefficient (Wildman–Crippen LogP) is 2.04. The molecule has 2 rings (SSSR count). The summed E-state index contributed by atoms with van der Waals surface area (Å²) in [5.41, 5.74) is 3.37. The highest BCUT2D eigenvalue weighted by molar-refractivity contribution is 5.40. The lowest BCUT2D eigenvalue weighted by molar-refractivity contribution is 0.390. The SMILES string of the molecule is COc1ccc(CNCc2cn(C)nc2C)c(OC)c1. The van der Waals surface area contributed by atoms with Gasteiger partial charge in [0, 0.05) is 43.5 Å². The minimum absolute atomic E-state index is 0.738. The second kappa shape index (κ2) is 6.43. The van der Waals surface area contributed by atoms with E-state index in [2.05, 4.69) is 10.4 Å². The van der Waals surface area contributed by atoms with E-state index in [4.69, 9.17) is 9.47 Å². The van der Waals surface area contributed by atoms with Crippen LogP contribution >= 0.6 is 0 Å². The van der Waals surface area contributed by atoms with E-state index in [1.165, 1.54) is 5.56 Å². The Morgan fingerprint density at radius 1 is 1.15 bits per heavy atom. The molecule has 0 saturated heterocycles. The normalized spacial score (nSPS) is 10.6. The van der Waals surface area contributed by atoms with Crippen LogP contribution in [0, 0.1) is 6.92 Å². The highest BCUT2D eigenvalue weighted by Crippen LogP contribution is 2.24. The molecule has 0 aliphatic heterocycles. The van der Waals surface area contributed by atoms with Crippen molar-refractivity contribution < 1.29 is 9.47 Å². The Morgan fingerprint density at radius 2 is 1.90 bits per heavy atom. The smallest absolute Gasteiger partial charge is 0.127 e. The van der Waals surface area contributed by atoms with Gasteiger partial charge in [0.2, 0.25) is 0 Å². The molecule has 20 heavy (non-hydrogen) atoms. The molecular formula is C15H21N3O2. The number of aryl methyl sites for hydroxylation is 2. The summed E-state index contributed by atoms with van der Waals surface area (Å²) in [6.45, 7) is 3.54. The molecule has 5 nitrogen and oxygen atoms in total. The van der Waals surface area contributed by atoms with Crippen molar-refractivity contribution in [2.45, 2.75) is 20.0 Å². The molecule has 0 amide bonds. The van der Waals surface area contributed by atoms with E-state index in [1.54, 1.807) is 14.2 Å². The molecule has 1 aromatic carbocycles.